The Hall–Kier alpha value is -1.57. The molecule has 0 saturated carbocycles. The SMILES string of the molecule is N[C@H](CO)C[C@@H](Sc1cccc(C(F)(F)F)c1)c1cccnc1. The van der Waals surface area contributed by atoms with Crippen LogP contribution in [0.15, 0.2) is 53.7 Å². The lowest BCUT2D eigenvalue weighted by Crippen LogP contribution is -2.26. The molecule has 2 rings (SSSR count). The molecular weight excluding hydrogens is 325 g/mol. The van der Waals surface area contributed by atoms with Gasteiger partial charge in [-0.05, 0) is 36.2 Å². The van der Waals surface area contributed by atoms with Crippen molar-refractivity contribution in [2.75, 3.05) is 6.61 Å². The zero-order valence-corrected chi connectivity index (χ0v) is 13.0. The third-order valence-corrected chi connectivity index (χ3v) is 4.52. The number of pyridine rings is 1. The zero-order valence-electron chi connectivity index (χ0n) is 12.2. The molecule has 0 unspecified atom stereocenters. The van der Waals surface area contributed by atoms with Crippen molar-refractivity contribution in [1.82, 2.24) is 4.98 Å². The molecule has 1 heterocycles. The van der Waals surface area contributed by atoms with Gasteiger partial charge >= 0.3 is 6.18 Å². The van der Waals surface area contributed by atoms with Crippen LogP contribution in [-0.4, -0.2) is 22.7 Å². The van der Waals surface area contributed by atoms with Crippen LogP contribution in [0.5, 0.6) is 0 Å². The third kappa shape index (κ3) is 5.23. The molecule has 3 N–H and O–H groups in total. The summed E-state index contributed by atoms with van der Waals surface area (Å²) in [6.07, 6.45) is -0.651. The van der Waals surface area contributed by atoms with Crippen molar-refractivity contribution < 1.29 is 18.3 Å². The summed E-state index contributed by atoms with van der Waals surface area (Å²) in [6.45, 7) is -0.181. The maximum Gasteiger partial charge on any atom is 0.416 e. The summed E-state index contributed by atoms with van der Waals surface area (Å²) in [5.74, 6) is 0. The first-order chi connectivity index (χ1) is 10.9. The normalized spacial score (nSPS) is 14.5. The molecule has 0 spiro atoms. The molecule has 7 heteroatoms. The summed E-state index contributed by atoms with van der Waals surface area (Å²) in [6, 6.07) is 8.35. The van der Waals surface area contributed by atoms with Gasteiger partial charge in [0.2, 0.25) is 0 Å². The molecule has 1 aromatic heterocycles. The van der Waals surface area contributed by atoms with E-state index in [4.69, 9.17) is 10.8 Å². The number of alkyl halides is 3. The molecule has 0 aliphatic heterocycles. The van der Waals surface area contributed by atoms with Gasteiger partial charge in [0.05, 0.1) is 12.2 Å². The second-order valence-corrected chi connectivity index (χ2v) is 6.37. The van der Waals surface area contributed by atoms with E-state index in [1.165, 1.54) is 17.8 Å². The molecular formula is C16H17F3N2OS. The van der Waals surface area contributed by atoms with Gasteiger partial charge in [0.25, 0.3) is 0 Å². The molecule has 2 atom stereocenters. The molecule has 23 heavy (non-hydrogen) atoms. The number of rotatable bonds is 6. The standard InChI is InChI=1S/C16H17F3N2OS/c17-16(18,19)12-4-1-5-14(7-12)23-15(8-13(20)10-22)11-3-2-6-21-9-11/h1-7,9,13,15,22H,8,10,20H2/t13-,15+/m0/s1. The maximum absolute atomic E-state index is 12.8. The second-order valence-electron chi connectivity index (χ2n) is 5.10. The number of aromatic nitrogens is 1. The van der Waals surface area contributed by atoms with Crippen molar-refractivity contribution in [2.24, 2.45) is 5.73 Å². The average molecular weight is 342 g/mol. The lowest BCUT2D eigenvalue weighted by molar-refractivity contribution is -0.137. The number of aliphatic hydroxyl groups is 1. The summed E-state index contributed by atoms with van der Waals surface area (Å²) >= 11 is 1.28. The van der Waals surface area contributed by atoms with Gasteiger partial charge in [-0.15, -0.1) is 11.8 Å². The minimum absolute atomic E-state index is 0.181. The molecule has 0 saturated heterocycles. The first kappa shape index (κ1) is 17.8. The van der Waals surface area contributed by atoms with E-state index in [9.17, 15) is 13.2 Å². The molecule has 2 aromatic rings. The van der Waals surface area contributed by atoms with E-state index in [1.54, 1.807) is 24.5 Å². The Morgan fingerprint density at radius 3 is 2.61 bits per heavy atom. The van der Waals surface area contributed by atoms with Gasteiger partial charge in [-0.1, -0.05) is 12.1 Å². The number of halogens is 3. The Morgan fingerprint density at radius 1 is 1.22 bits per heavy atom. The van der Waals surface area contributed by atoms with Crippen LogP contribution in [-0.2, 0) is 6.18 Å². The number of hydrogen-bond acceptors (Lipinski definition) is 4. The Bertz CT molecular complexity index is 622. The number of nitrogens with two attached hydrogens (primary N) is 1. The number of aliphatic hydroxyl groups excluding tert-OH is 1. The van der Waals surface area contributed by atoms with Crippen molar-refractivity contribution >= 4 is 11.8 Å². The smallest absolute Gasteiger partial charge is 0.395 e. The monoisotopic (exact) mass is 342 g/mol. The molecule has 0 radical (unpaired) electrons. The fourth-order valence-electron chi connectivity index (χ4n) is 2.08. The molecule has 1 aromatic carbocycles. The number of benzene rings is 1. The summed E-state index contributed by atoms with van der Waals surface area (Å²) < 4.78 is 38.5. The van der Waals surface area contributed by atoms with E-state index in [-0.39, 0.29) is 11.9 Å². The van der Waals surface area contributed by atoms with Crippen molar-refractivity contribution in [3.8, 4) is 0 Å². The molecule has 0 aliphatic rings. The fourth-order valence-corrected chi connectivity index (χ4v) is 3.38. The molecule has 0 aliphatic carbocycles. The largest absolute Gasteiger partial charge is 0.416 e. The highest BCUT2D eigenvalue weighted by atomic mass is 32.2. The van der Waals surface area contributed by atoms with Gasteiger partial charge < -0.3 is 10.8 Å². The molecule has 0 fully saturated rings. The third-order valence-electron chi connectivity index (χ3n) is 3.25. The molecule has 0 amide bonds. The molecule has 0 bridgehead atoms. The Labute approximate surface area is 136 Å². The highest BCUT2D eigenvalue weighted by molar-refractivity contribution is 7.99. The van der Waals surface area contributed by atoms with Crippen molar-refractivity contribution in [2.45, 2.75) is 28.8 Å². The van der Waals surface area contributed by atoms with Crippen LogP contribution in [0.4, 0.5) is 13.2 Å². The Balaban J connectivity index is 2.24. The molecule has 124 valence electrons. The number of hydrogen-bond donors (Lipinski definition) is 2. The van der Waals surface area contributed by atoms with Crippen molar-refractivity contribution in [1.29, 1.82) is 0 Å². The van der Waals surface area contributed by atoms with E-state index < -0.39 is 17.8 Å². The fraction of sp³-hybridized carbons (Fsp3) is 0.312. The van der Waals surface area contributed by atoms with E-state index >= 15 is 0 Å². The second kappa shape index (κ2) is 7.81. The minimum Gasteiger partial charge on any atom is -0.395 e. The van der Waals surface area contributed by atoms with Gasteiger partial charge in [0, 0.05) is 28.6 Å². The zero-order chi connectivity index (χ0) is 16.9. The van der Waals surface area contributed by atoms with Gasteiger partial charge in [-0.3, -0.25) is 4.98 Å². The van der Waals surface area contributed by atoms with E-state index in [0.717, 1.165) is 17.7 Å². The lowest BCUT2D eigenvalue weighted by atomic mass is 10.1. The van der Waals surface area contributed by atoms with Crippen LogP contribution in [0, 0.1) is 0 Å². The van der Waals surface area contributed by atoms with Crippen LogP contribution >= 0.6 is 11.8 Å². The van der Waals surface area contributed by atoms with Crippen molar-refractivity contribution in [3.63, 3.8) is 0 Å². The number of nitrogens with zero attached hydrogens (tertiary/aromatic N) is 1. The minimum atomic E-state index is -4.37. The predicted molar refractivity (Wildman–Crippen MR) is 84.0 cm³/mol. The summed E-state index contributed by atoms with van der Waals surface area (Å²) in [7, 11) is 0. The van der Waals surface area contributed by atoms with Crippen LogP contribution in [0.1, 0.15) is 22.8 Å². The highest BCUT2D eigenvalue weighted by Gasteiger charge is 2.30. The van der Waals surface area contributed by atoms with Gasteiger partial charge in [-0.25, -0.2) is 0 Å². The predicted octanol–water partition coefficient (Wildman–Crippen LogP) is 3.64. The highest BCUT2D eigenvalue weighted by Crippen LogP contribution is 2.40. The van der Waals surface area contributed by atoms with E-state index in [1.807, 2.05) is 6.07 Å². The summed E-state index contributed by atoms with van der Waals surface area (Å²) in [5, 5.41) is 8.96. The van der Waals surface area contributed by atoms with Gasteiger partial charge in [0.15, 0.2) is 0 Å². The van der Waals surface area contributed by atoms with Crippen molar-refractivity contribution in [3.05, 3.63) is 59.9 Å². The quantitative estimate of drug-likeness (QED) is 0.787. The Kier molecular flexibility index (Phi) is 6.04. The van der Waals surface area contributed by atoms with Crippen LogP contribution < -0.4 is 5.73 Å². The topological polar surface area (TPSA) is 59.1 Å². The lowest BCUT2D eigenvalue weighted by Gasteiger charge is -2.20. The van der Waals surface area contributed by atoms with E-state index in [2.05, 4.69) is 4.98 Å². The van der Waals surface area contributed by atoms with Gasteiger partial charge in [-0.2, -0.15) is 13.2 Å². The Morgan fingerprint density at radius 2 is 2.00 bits per heavy atom. The van der Waals surface area contributed by atoms with E-state index in [0.29, 0.717) is 11.3 Å². The number of thioether (sulfide) groups is 1. The summed E-state index contributed by atoms with van der Waals surface area (Å²) in [5.41, 5.74) is 5.98. The first-order valence-electron chi connectivity index (χ1n) is 7.00. The maximum atomic E-state index is 12.8. The molecule has 3 nitrogen and oxygen atoms in total. The average Bonchev–Trinajstić information content (AvgIpc) is 2.54. The van der Waals surface area contributed by atoms with Gasteiger partial charge in [0.1, 0.15) is 0 Å². The van der Waals surface area contributed by atoms with Crippen LogP contribution in [0.25, 0.3) is 0 Å². The summed E-state index contributed by atoms with van der Waals surface area (Å²) in [4.78, 5) is 4.54. The first-order valence-corrected chi connectivity index (χ1v) is 7.88. The van der Waals surface area contributed by atoms with Crippen LogP contribution in [0.2, 0.25) is 0 Å². The van der Waals surface area contributed by atoms with Crippen LogP contribution in [0.3, 0.4) is 0 Å².